The van der Waals surface area contributed by atoms with Crippen LogP contribution in [0.5, 0.6) is 11.5 Å². The molecule has 0 atom stereocenters. The summed E-state index contributed by atoms with van der Waals surface area (Å²) in [5, 5.41) is 3.31. The molecule has 1 heterocycles. The van der Waals surface area contributed by atoms with Crippen LogP contribution in [0.3, 0.4) is 0 Å². The smallest absolute Gasteiger partial charge is 0.281 e. The van der Waals surface area contributed by atoms with Crippen molar-refractivity contribution in [2.45, 2.75) is 0 Å². The highest BCUT2D eigenvalue weighted by molar-refractivity contribution is 9.10. The lowest BCUT2D eigenvalue weighted by Gasteiger charge is -2.14. The SMILES string of the molecule is COc1ccc(N2C(=O)/C(=C\c3ccc(OC)c(Br)c3)NC2=S)cc1. The number of nitrogens with zero attached hydrogens (tertiary/aromatic N) is 1. The summed E-state index contributed by atoms with van der Waals surface area (Å²) in [6, 6.07) is 12.7. The van der Waals surface area contributed by atoms with E-state index in [1.807, 2.05) is 18.2 Å². The number of anilines is 1. The second-order valence-electron chi connectivity index (χ2n) is 5.22. The molecule has 25 heavy (non-hydrogen) atoms. The van der Waals surface area contributed by atoms with Crippen LogP contribution in [-0.2, 0) is 4.79 Å². The topological polar surface area (TPSA) is 50.8 Å². The molecule has 0 aliphatic carbocycles. The van der Waals surface area contributed by atoms with Gasteiger partial charge in [0.1, 0.15) is 17.2 Å². The standard InChI is InChI=1S/C18H15BrN2O3S/c1-23-13-6-4-12(5-7-13)21-17(22)15(20-18(21)25)10-11-3-8-16(24-2)14(19)9-11/h3-10H,1-2H3,(H,20,25)/b15-10+. The number of halogens is 1. The molecular weight excluding hydrogens is 404 g/mol. The van der Waals surface area contributed by atoms with Crippen molar-refractivity contribution in [2.24, 2.45) is 0 Å². The second kappa shape index (κ2) is 7.25. The number of hydrogen-bond acceptors (Lipinski definition) is 4. The van der Waals surface area contributed by atoms with E-state index >= 15 is 0 Å². The van der Waals surface area contributed by atoms with Gasteiger partial charge < -0.3 is 14.8 Å². The first-order valence-electron chi connectivity index (χ1n) is 7.38. The third-order valence-electron chi connectivity index (χ3n) is 3.70. The Morgan fingerprint density at radius 2 is 1.84 bits per heavy atom. The van der Waals surface area contributed by atoms with Crippen molar-refractivity contribution in [1.82, 2.24) is 5.32 Å². The van der Waals surface area contributed by atoms with Gasteiger partial charge in [-0.15, -0.1) is 0 Å². The van der Waals surface area contributed by atoms with E-state index in [2.05, 4.69) is 21.2 Å². The van der Waals surface area contributed by atoms with Crippen molar-refractivity contribution < 1.29 is 14.3 Å². The van der Waals surface area contributed by atoms with Gasteiger partial charge in [-0.2, -0.15) is 0 Å². The number of carbonyl (C=O) groups is 1. The van der Waals surface area contributed by atoms with Gasteiger partial charge in [0.2, 0.25) is 0 Å². The van der Waals surface area contributed by atoms with Crippen molar-refractivity contribution in [3.8, 4) is 11.5 Å². The predicted octanol–water partition coefficient (Wildman–Crippen LogP) is 3.73. The third-order valence-corrected chi connectivity index (χ3v) is 4.60. The molecule has 1 amide bonds. The van der Waals surface area contributed by atoms with Crippen molar-refractivity contribution in [2.75, 3.05) is 19.1 Å². The first-order chi connectivity index (χ1) is 12.0. The van der Waals surface area contributed by atoms with Crippen LogP contribution in [0.4, 0.5) is 5.69 Å². The number of ether oxygens (including phenoxy) is 2. The highest BCUT2D eigenvalue weighted by atomic mass is 79.9. The minimum absolute atomic E-state index is 0.206. The number of hydrogen-bond donors (Lipinski definition) is 1. The molecule has 7 heteroatoms. The minimum Gasteiger partial charge on any atom is -0.497 e. The number of methoxy groups -OCH3 is 2. The van der Waals surface area contributed by atoms with Crippen LogP contribution < -0.4 is 19.7 Å². The maximum Gasteiger partial charge on any atom is 0.281 e. The van der Waals surface area contributed by atoms with Gasteiger partial charge in [-0.1, -0.05) is 6.07 Å². The summed E-state index contributed by atoms with van der Waals surface area (Å²) in [5.74, 6) is 1.23. The molecule has 0 unspecified atom stereocenters. The molecule has 0 radical (unpaired) electrons. The zero-order chi connectivity index (χ0) is 18.0. The Labute approximate surface area is 159 Å². The highest BCUT2D eigenvalue weighted by Gasteiger charge is 2.31. The van der Waals surface area contributed by atoms with E-state index in [1.54, 1.807) is 44.6 Å². The number of thiocarbonyl (C=S) groups is 1. The van der Waals surface area contributed by atoms with Crippen molar-refractivity contribution in [3.05, 3.63) is 58.2 Å². The Morgan fingerprint density at radius 1 is 1.12 bits per heavy atom. The zero-order valence-electron chi connectivity index (χ0n) is 13.6. The second-order valence-corrected chi connectivity index (χ2v) is 6.46. The summed E-state index contributed by atoms with van der Waals surface area (Å²) in [7, 11) is 3.20. The fraction of sp³-hybridized carbons (Fsp3) is 0.111. The lowest BCUT2D eigenvalue weighted by atomic mass is 10.2. The van der Waals surface area contributed by atoms with Gasteiger partial charge in [0, 0.05) is 0 Å². The number of rotatable bonds is 4. The van der Waals surface area contributed by atoms with Gasteiger partial charge in [0.15, 0.2) is 5.11 Å². The number of benzene rings is 2. The normalized spacial score (nSPS) is 15.5. The van der Waals surface area contributed by atoms with E-state index in [0.29, 0.717) is 22.2 Å². The maximum absolute atomic E-state index is 12.7. The van der Waals surface area contributed by atoms with E-state index < -0.39 is 0 Å². The van der Waals surface area contributed by atoms with E-state index in [9.17, 15) is 4.79 Å². The fourth-order valence-corrected chi connectivity index (χ4v) is 3.30. The monoisotopic (exact) mass is 418 g/mol. The lowest BCUT2D eigenvalue weighted by molar-refractivity contribution is -0.113. The summed E-state index contributed by atoms with van der Waals surface area (Å²) in [6.07, 6.45) is 1.75. The summed E-state index contributed by atoms with van der Waals surface area (Å²) < 4.78 is 11.2. The molecule has 1 aliphatic heterocycles. The first-order valence-corrected chi connectivity index (χ1v) is 8.58. The van der Waals surface area contributed by atoms with Gasteiger partial charge in [-0.3, -0.25) is 9.69 Å². The molecule has 3 rings (SSSR count). The summed E-state index contributed by atoms with van der Waals surface area (Å²) in [4.78, 5) is 14.2. The molecule has 128 valence electrons. The Bertz CT molecular complexity index is 865. The third kappa shape index (κ3) is 3.52. The fourth-order valence-electron chi connectivity index (χ4n) is 2.44. The number of carbonyl (C=O) groups excluding carboxylic acids is 1. The van der Waals surface area contributed by atoms with Gasteiger partial charge in [0.05, 0.1) is 24.4 Å². The summed E-state index contributed by atoms with van der Waals surface area (Å²) in [6.45, 7) is 0. The number of amides is 1. The average molecular weight is 419 g/mol. The molecule has 2 aromatic rings. The summed E-state index contributed by atoms with van der Waals surface area (Å²) >= 11 is 8.75. The van der Waals surface area contributed by atoms with Crippen LogP contribution in [0, 0.1) is 0 Å². The Morgan fingerprint density at radius 3 is 2.44 bits per heavy atom. The number of nitrogens with one attached hydrogen (secondary N) is 1. The molecule has 0 bridgehead atoms. The Kier molecular flexibility index (Phi) is 5.06. The molecule has 0 aromatic heterocycles. The molecule has 1 N–H and O–H groups in total. The molecule has 1 saturated heterocycles. The Balaban J connectivity index is 1.88. The van der Waals surface area contributed by atoms with E-state index in [-0.39, 0.29) is 5.91 Å². The van der Waals surface area contributed by atoms with Gasteiger partial charge in [-0.05, 0) is 76.2 Å². The van der Waals surface area contributed by atoms with Gasteiger partial charge in [-0.25, -0.2) is 0 Å². The van der Waals surface area contributed by atoms with Crippen LogP contribution in [0.25, 0.3) is 6.08 Å². The van der Waals surface area contributed by atoms with Gasteiger partial charge in [0.25, 0.3) is 5.91 Å². The predicted molar refractivity (Wildman–Crippen MR) is 105 cm³/mol. The first kappa shape index (κ1) is 17.4. The molecule has 0 spiro atoms. The highest BCUT2D eigenvalue weighted by Crippen LogP contribution is 2.28. The largest absolute Gasteiger partial charge is 0.497 e. The molecule has 1 fully saturated rings. The lowest BCUT2D eigenvalue weighted by Crippen LogP contribution is -2.30. The molecular formula is C18H15BrN2O3S. The molecule has 0 saturated carbocycles. The molecule has 1 aliphatic rings. The van der Waals surface area contributed by atoms with Crippen molar-refractivity contribution in [1.29, 1.82) is 0 Å². The van der Waals surface area contributed by atoms with Gasteiger partial charge >= 0.3 is 0 Å². The summed E-state index contributed by atoms with van der Waals surface area (Å²) in [5.41, 5.74) is 1.95. The van der Waals surface area contributed by atoms with Crippen LogP contribution in [0.1, 0.15) is 5.56 Å². The van der Waals surface area contributed by atoms with E-state index in [1.165, 1.54) is 4.90 Å². The average Bonchev–Trinajstić information content (AvgIpc) is 2.89. The zero-order valence-corrected chi connectivity index (χ0v) is 16.0. The van der Waals surface area contributed by atoms with Crippen LogP contribution in [0.2, 0.25) is 0 Å². The Hall–Kier alpha value is -2.38. The quantitative estimate of drug-likeness (QED) is 0.605. The van der Waals surface area contributed by atoms with Crippen LogP contribution in [-0.4, -0.2) is 25.2 Å². The van der Waals surface area contributed by atoms with E-state index in [0.717, 1.165) is 15.8 Å². The van der Waals surface area contributed by atoms with Crippen molar-refractivity contribution >= 4 is 50.9 Å². The minimum atomic E-state index is -0.206. The van der Waals surface area contributed by atoms with E-state index in [4.69, 9.17) is 21.7 Å². The van der Waals surface area contributed by atoms with Crippen LogP contribution >= 0.6 is 28.1 Å². The van der Waals surface area contributed by atoms with Crippen molar-refractivity contribution in [3.63, 3.8) is 0 Å². The molecule has 5 nitrogen and oxygen atoms in total. The van der Waals surface area contributed by atoms with Crippen LogP contribution in [0.15, 0.2) is 52.6 Å². The molecule has 2 aromatic carbocycles. The maximum atomic E-state index is 12.7.